The van der Waals surface area contributed by atoms with Crippen LogP contribution < -0.4 is 4.74 Å². The smallest absolute Gasteiger partial charge is 0.509 e. The summed E-state index contributed by atoms with van der Waals surface area (Å²) in [6.45, 7) is 17.8. The summed E-state index contributed by atoms with van der Waals surface area (Å²) in [5.74, 6) is 2.55. The molecule has 0 saturated heterocycles. The summed E-state index contributed by atoms with van der Waals surface area (Å²) in [4.78, 5) is 4.81. The van der Waals surface area contributed by atoms with Gasteiger partial charge in [0.05, 0.1) is 5.69 Å². The van der Waals surface area contributed by atoms with Crippen molar-refractivity contribution in [3.05, 3.63) is 131 Å². The topological polar surface area (TPSA) is 44.9 Å². The molecule has 3 heterocycles. The fraction of sp³-hybridized carbons (Fsp3) is 0.304. The molecule has 5 nitrogen and oxygen atoms in total. The van der Waals surface area contributed by atoms with Gasteiger partial charge < -0.3 is 9.30 Å². The van der Waals surface area contributed by atoms with E-state index < -0.39 is 0 Å². The van der Waals surface area contributed by atoms with Gasteiger partial charge in [0.1, 0.15) is 5.82 Å². The second-order valence-corrected chi connectivity index (χ2v) is 15.1. The van der Waals surface area contributed by atoms with Crippen LogP contribution in [0.15, 0.2) is 91.1 Å². The van der Waals surface area contributed by atoms with Crippen LogP contribution in [0.3, 0.4) is 0 Å². The van der Waals surface area contributed by atoms with Gasteiger partial charge in [0, 0.05) is 34.5 Å². The first-order valence-corrected chi connectivity index (χ1v) is 18.3. The number of hydrogen-bond acceptors (Lipinski definition) is 3. The summed E-state index contributed by atoms with van der Waals surface area (Å²) < 4.78 is 10.9. The first kappa shape index (κ1) is 37.3. The van der Waals surface area contributed by atoms with Gasteiger partial charge >= 0.3 is 21.1 Å². The molecule has 4 aromatic carbocycles. The second-order valence-electron chi connectivity index (χ2n) is 15.1. The van der Waals surface area contributed by atoms with Crippen molar-refractivity contribution in [3.63, 3.8) is 0 Å². The van der Waals surface area contributed by atoms with Crippen molar-refractivity contribution in [3.8, 4) is 34.1 Å². The van der Waals surface area contributed by atoms with Crippen LogP contribution >= 0.6 is 0 Å². The van der Waals surface area contributed by atoms with Crippen molar-refractivity contribution in [2.45, 2.75) is 87.0 Å². The number of pyridine rings is 1. The molecule has 6 heteroatoms. The van der Waals surface area contributed by atoms with Gasteiger partial charge in [-0.1, -0.05) is 108 Å². The van der Waals surface area contributed by atoms with Crippen LogP contribution in [0.1, 0.15) is 87.9 Å². The van der Waals surface area contributed by atoms with Crippen LogP contribution in [0, 0.1) is 38.3 Å². The maximum absolute atomic E-state index is 6.69. The molecule has 7 aromatic rings. The zero-order valence-corrected chi connectivity index (χ0v) is 33.9. The Hall–Kier alpha value is -4.47. The Morgan fingerprint density at radius 2 is 1.62 bits per heavy atom. The molecule has 0 bridgehead atoms. The molecule has 0 amide bonds. The number of benzene rings is 4. The van der Waals surface area contributed by atoms with E-state index in [0.29, 0.717) is 17.4 Å². The molecular weight excluding hydrogens is 820 g/mol. The van der Waals surface area contributed by atoms with E-state index in [0.717, 1.165) is 68.8 Å². The monoisotopic (exact) mass is 867 g/mol. The van der Waals surface area contributed by atoms with Gasteiger partial charge in [-0.2, -0.15) is 16.7 Å². The molecule has 52 heavy (non-hydrogen) atoms. The zero-order valence-electron chi connectivity index (χ0n) is 31.6. The van der Waals surface area contributed by atoms with Crippen LogP contribution in [0.25, 0.3) is 44.4 Å². The van der Waals surface area contributed by atoms with Gasteiger partial charge in [0.15, 0.2) is 0 Å². The Morgan fingerprint density at radius 3 is 2.35 bits per heavy atom. The largest absolute Gasteiger partial charge is 2.00 e. The SMILES string of the molecule is CCCCCc1cc(Oc2[c-]c3c(cc2)c2cc(C(C)C(C)(C)C)ccc2n3-c2cc(C)ccn2)[c-]c(-n2nc(C)c(-c3ccccc3)c2C)c1.[Pt+2]. The van der Waals surface area contributed by atoms with E-state index in [4.69, 9.17) is 14.8 Å². The van der Waals surface area contributed by atoms with Gasteiger partial charge in [-0.3, -0.25) is 4.68 Å². The van der Waals surface area contributed by atoms with Crippen molar-refractivity contribution in [1.29, 1.82) is 0 Å². The van der Waals surface area contributed by atoms with Gasteiger partial charge in [0.25, 0.3) is 0 Å². The third-order valence-electron chi connectivity index (χ3n) is 10.4. The van der Waals surface area contributed by atoms with Gasteiger partial charge in [-0.25, -0.2) is 4.98 Å². The molecule has 0 fully saturated rings. The molecule has 268 valence electrons. The summed E-state index contributed by atoms with van der Waals surface area (Å²) in [6, 6.07) is 37.3. The number of rotatable bonds is 10. The molecule has 0 aliphatic carbocycles. The molecule has 1 atom stereocenters. The number of aromatic nitrogens is 4. The predicted molar refractivity (Wildman–Crippen MR) is 211 cm³/mol. The molecule has 7 rings (SSSR count). The molecule has 0 aliphatic rings. The van der Waals surface area contributed by atoms with Gasteiger partial charge in [-0.15, -0.1) is 35.7 Å². The van der Waals surface area contributed by atoms with Crippen LogP contribution in [0.2, 0.25) is 0 Å². The molecule has 0 spiro atoms. The van der Waals surface area contributed by atoms with Crippen molar-refractivity contribution in [2.24, 2.45) is 5.41 Å². The average molecular weight is 868 g/mol. The quantitative estimate of drug-likeness (QED) is 0.102. The van der Waals surface area contributed by atoms with E-state index in [9.17, 15) is 0 Å². The van der Waals surface area contributed by atoms with Crippen LogP contribution in [0.4, 0.5) is 0 Å². The van der Waals surface area contributed by atoms with E-state index in [1.807, 2.05) is 29.1 Å². The summed E-state index contributed by atoms with van der Waals surface area (Å²) in [6.07, 6.45) is 6.30. The Bertz CT molecular complexity index is 2350. The van der Waals surface area contributed by atoms with Gasteiger partial charge in [-0.05, 0) is 78.1 Å². The number of ether oxygens (including phenoxy) is 1. The Kier molecular flexibility index (Phi) is 10.9. The minimum atomic E-state index is 0. The fourth-order valence-corrected chi connectivity index (χ4v) is 7.15. The van der Waals surface area contributed by atoms with Crippen molar-refractivity contribution < 1.29 is 25.8 Å². The number of aryl methyl sites for hydroxylation is 3. The Labute approximate surface area is 323 Å². The number of nitrogens with zero attached hydrogens (tertiary/aromatic N) is 4. The third-order valence-corrected chi connectivity index (χ3v) is 10.4. The van der Waals surface area contributed by atoms with Crippen LogP contribution in [-0.4, -0.2) is 19.3 Å². The van der Waals surface area contributed by atoms with Crippen molar-refractivity contribution in [2.75, 3.05) is 0 Å². The van der Waals surface area contributed by atoms with Crippen LogP contribution in [-0.2, 0) is 27.5 Å². The van der Waals surface area contributed by atoms with Gasteiger partial charge in [0.2, 0.25) is 0 Å². The first-order valence-electron chi connectivity index (χ1n) is 18.3. The minimum Gasteiger partial charge on any atom is -0.509 e. The first-order chi connectivity index (χ1) is 24.5. The normalized spacial score (nSPS) is 12.3. The average Bonchev–Trinajstić information content (AvgIpc) is 3.59. The second kappa shape index (κ2) is 15.2. The minimum absolute atomic E-state index is 0. The molecule has 0 saturated carbocycles. The molecular formula is C46H48N4OPt. The van der Waals surface area contributed by atoms with Crippen molar-refractivity contribution >= 4 is 21.8 Å². The van der Waals surface area contributed by atoms with E-state index in [-0.39, 0.29) is 26.5 Å². The third kappa shape index (κ3) is 7.39. The standard InChI is InChI=1S/C46H48N4O.Pt/c1-9-10-12-15-34-25-37(50-33(5)45(32(4)48-50)35-16-13-11-14-17-35)28-39(26-34)51-38-19-20-40-41-27-36(31(3)46(6,7)8)18-21-42(41)49(43(40)29-38)44-24-30(2)22-23-47-44;/h11,13-14,16-27,31H,9-10,12,15H2,1-8H3;/q-2;+2. The summed E-state index contributed by atoms with van der Waals surface area (Å²) in [5.41, 5.74) is 11.1. The maximum Gasteiger partial charge on any atom is 2.00 e. The summed E-state index contributed by atoms with van der Waals surface area (Å²) in [5, 5.41) is 7.32. The Morgan fingerprint density at radius 1 is 0.827 bits per heavy atom. The van der Waals surface area contributed by atoms with E-state index >= 15 is 0 Å². The predicted octanol–water partition coefficient (Wildman–Crippen LogP) is 12.2. The summed E-state index contributed by atoms with van der Waals surface area (Å²) >= 11 is 0. The zero-order chi connectivity index (χ0) is 35.9. The number of unbranched alkanes of at least 4 members (excludes halogenated alkanes) is 2. The van der Waals surface area contributed by atoms with E-state index in [1.165, 1.54) is 29.4 Å². The number of fused-ring (bicyclic) bond motifs is 3. The maximum atomic E-state index is 6.69. The molecule has 0 radical (unpaired) electrons. The Balaban J connectivity index is 0.00000464. The van der Waals surface area contributed by atoms with Crippen LogP contribution in [0.5, 0.6) is 11.5 Å². The fourth-order valence-electron chi connectivity index (χ4n) is 7.15. The van der Waals surface area contributed by atoms with Crippen molar-refractivity contribution in [1.82, 2.24) is 19.3 Å². The molecule has 0 aliphatic heterocycles. The summed E-state index contributed by atoms with van der Waals surface area (Å²) in [7, 11) is 0. The van der Waals surface area contributed by atoms with E-state index in [1.54, 1.807) is 0 Å². The molecule has 3 aromatic heterocycles. The van der Waals surface area contributed by atoms with E-state index in [2.05, 4.69) is 139 Å². The molecule has 1 unspecified atom stereocenters. The number of hydrogen-bond donors (Lipinski definition) is 0. The molecule has 0 N–H and O–H groups in total.